The monoisotopic (exact) mass is 320 g/mol. The molecule has 2 aromatic rings. The zero-order valence-corrected chi connectivity index (χ0v) is 12.5. The maximum Gasteiger partial charge on any atom is 0.137 e. The Morgan fingerprint density at radius 3 is 2.95 bits per heavy atom. The smallest absolute Gasteiger partial charge is 0.137 e. The quantitative estimate of drug-likeness (QED) is 0.917. The highest BCUT2D eigenvalue weighted by Gasteiger charge is 2.25. The average Bonchev–Trinajstić information content (AvgIpc) is 2.81. The van der Waals surface area contributed by atoms with Crippen molar-refractivity contribution in [2.24, 2.45) is 0 Å². The number of aryl methyl sites for hydroxylation is 1. The number of rotatable bonds is 3. The largest absolute Gasteiger partial charge is 0.384 e. The summed E-state index contributed by atoms with van der Waals surface area (Å²) in [6, 6.07) is 8.27. The molecule has 0 amide bonds. The minimum atomic E-state index is 0.463. The first-order valence-electron chi connectivity index (χ1n) is 6.68. The second kappa shape index (κ2) is 5.37. The van der Waals surface area contributed by atoms with Gasteiger partial charge in [0.25, 0.3) is 0 Å². The molecule has 0 saturated heterocycles. The van der Waals surface area contributed by atoms with Crippen LogP contribution >= 0.6 is 15.9 Å². The van der Waals surface area contributed by atoms with Gasteiger partial charge in [0.15, 0.2) is 0 Å². The van der Waals surface area contributed by atoms with E-state index in [4.69, 9.17) is 4.52 Å². The van der Waals surface area contributed by atoms with Gasteiger partial charge in [0.05, 0.1) is 5.69 Å². The first kappa shape index (κ1) is 12.7. The van der Waals surface area contributed by atoms with Crippen molar-refractivity contribution in [2.45, 2.75) is 32.1 Å². The van der Waals surface area contributed by atoms with Crippen LogP contribution in [0.4, 0.5) is 5.69 Å². The fraction of sp³-hybridized carbons (Fsp3) is 0.400. The van der Waals surface area contributed by atoms with Gasteiger partial charge < -0.3 is 9.84 Å². The van der Waals surface area contributed by atoms with Crippen LogP contribution in [0.1, 0.15) is 35.8 Å². The Hall–Kier alpha value is -1.29. The molecule has 0 bridgehead atoms. The lowest BCUT2D eigenvalue weighted by molar-refractivity contribution is 0.385. The van der Waals surface area contributed by atoms with Crippen molar-refractivity contribution in [3.05, 3.63) is 45.8 Å². The van der Waals surface area contributed by atoms with Crippen molar-refractivity contribution in [1.29, 1.82) is 0 Å². The van der Waals surface area contributed by atoms with Gasteiger partial charge in [0.2, 0.25) is 0 Å². The maximum absolute atomic E-state index is 5.33. The lowest BCUT2D eigenvalue weighted by atomic mass is 9.87. The Labute approximate surface area is 121 Å². The van der Waals surface area contributed by atoms with E-state index in [1.165, 1.54) is 18.4 Å². The summed E-state index contributed by atoms with van der Waals surface area (Å²) in [6.07, 6.45) is 3.52. The van der Waals surface area contributed by atoms with Crippen molar-refractivity contribution >= 4 is 21.6 Å². The zero-order valence-electron chi connectivity index (χ0n) is 10.9. The third-order valence-corrected chi connectivity index (χ3v) is 4.31. The van der Waals surface area contributed by atoms with Gasteiger partial charge in [-0.15, -0.1) is 0 Å². The molecule has 4 heteroatoms. The van der Waals surface area contributed by atoms with Crippen LogP contribution in [-0.4, -0.2) is 11.7 Å². The van der Waals surface area contributed by atoms with Crippen molar-refractivity contribution in [1.82, 2.24) is 5.16 Å². The summed E-state index contributed by atoms with van der Waals surface area (Å²) in [4.78, 5) is 0. The second-order valence-corrected chi connectivity index (χ2v) is 6.00. The fourth-order valence-corrected chi connectivity index (χ4v) is 2.97. The van der Waals surface area contributed by atoms with Crippen molar-refractivity contribution < 1.29 is 4.52 Å². The number of halogens is 1. The van der Waals surface area contributed by atoms with E-state index >= 15 is 0 Å². The third-order valence-electron chi connectivity index (χ3n) is 3.78. The maximum atomic E-state index is 5.33. The number of hydrogen-bond acceptors (Lipinski definition) is 3. The molecule has 1 N–H and O–H groups in total. The number of nitrogens with zero attached hydrogens (tertiary/aromatic N) is 1. The molecule has 1 heterocycles. The van der Waals surface area contributed by atoms with E-state index in [9.17, 15) is 0 Å². The summed E-state index contributed by atoms with van der Waals surface area (Å²) in [5.74, 6) is 1.45. The molecule has 3 nitrogen and oxygen atoms in total. The van der Waals surface area contributed by atoms with Gasteiger partial charge in [-0.05, 0) is 50.5 Å². The molecule has 0 radical (unpaired) electrons. The molecule has 3 rings (SSSR count). The Bertz CT molecular complexity index is 562. The van der Waals surface area contributed by atoms with Gasteiger partial charge in [0.1, 0.15) is 5.76 Å². The molecule has 0 fully saturated rings. The fourth-order valence-electron chi connectivity index (χ4n) is 2.70. The summed E-state index contributed by atoms with van der Waals surface area (Å²) in [7, 11) is 0. The predicted octanol–water partition coefficient (Wildman–Crippen LogP) is 4.28. The van der Waals surface area contributed by atoms with Gasteiger partial charge in [-0.3, -0.25) is 0 Å². The van der Waals surface area contributed by atoms with E-state index in [1.54, 1.807) is 0 Å². The zero-order chi connectivity index (χ0) is 13.2. The van der Waals surface area contributed by atoms with Crippen molar-refractivity contribution in [3.8, 4) is 0 Å². The highest BCUT2D eigenvalue weighted by atomic mass is 79.9. The van der Waals surface area contributed by atoms with Crippen LogP contribution in [-0.2, 0) is 6.42 Å². The molecule has 1 unspecified atom stereocenters. The number of anilines is 1. The minimum absolute atomic E-state index is 0.463. The molecule has 1 atom stereocenters. The lowest BCUT2D eigenvalue weighted by Gasteiger charge is -2.21. The molecule has 19 heavy (non-hydrogen) atoms. The normalized spacial score (nSPS) is 18.1. The van der Waals surface area contributed by atoms with Crippen molar-refractivity contribution in [2.75, 3.05) is 11.9 Å². The molecule has 100 valence electrons. The SMILES string of the molecule is Cc1onc2c1CCCC2CNc1ccc(Br)cc1. The highest BCUT2D eigenvalue weighted by Crippen LogP contribution is 2.32. The Morgan fingerprint density at radius 1 is 1.37 bits per heavy atom. The molecule has 1 aromatic carbocycles. The standard InChI is InChI=1S/C15H17BrN2O/c1-10-14-4-2-3-11(15(14)18-19-10)9-17-13-7-5-12(16)6-8-13/h5-8,11,17H,2-4,9H2,1H3. The van der Waals surface area contributed by atoms with E-state index in [0.29, 0.717) is 5.92 Å². The van der Waals surface area contributed by atoms with Crippen LogP contribution in [0.3, 0.4) is 0 Å². The molecular weight excluding hydrogens is 304 g/mol. The summed E-state index contributed by atoms with van der Waals surface area (Å²) >= 11 is 3.45. The van der Waals surface area contributed by atoms with Crippen LogP contribution in [0.2, 0.25) is 0 Å². The predicted molar refractivity (Wildman–Crippen MR) is 79.6 cm³/mol. The molecule has 1 aliphatic rings. The van der Waals surface area contributed by atoms with Crippen molar-refractivity contribution in [3.63, 3.8) is 0 Å². The third kappa shape index (κ3) is 2.68. The lowest BCUT2D eigenvalue weighted by Crippen LogP contribution is -2.18. The Balaban J connectivity index is 1.69. The van der Waals surface area contributed by atoms with E-state index in [0.717, 1.165) is 34.6 Å². The summed E-state index contributed by atoms with van der Waals surface area (Å²) in [6.45, 7) is 2.93. The first-order chi connectivity index (χ1) is 9.24. The van der Waals surface area contributed by atoms with Gasteiger partial charge in [-0.25, -0.2) is 0 Å². The number of aromatic nitrogens is 1. The Kier molecular flexibility index (Phi) is 3.60. The highest BCUT2D eigenvalue weighted by molar-refractivity contribution is 9.10. The molecule has 1 aliphatic carbocycles. The number of nitrogens with one attached hydrogen (secondary N) is 1. The van der Waals surface area contributed by atoms with Gasteiger partial charge >= 0.3 is 0 Å². The summed E-state index contributed by atoms with van der Waals surface area (Å²) < 4.78 is 6.43. The van der Waals surface area contributed by atoms with E-state index in [-0.39, 0.29) is 0 Å². The van der Waals surface area contributed by atoms with Crippen LogP contribution in [0, 0.1) is 6.92 Å². The molecule has 0 spiro atoms. The van der Waals surface area contributed by atoms with Gasteiger partial charge in [0, 0.05) is 28.2 Å². The molecule has 0 saturated carbocycles. The van der Waals surface area contributed by atoms with Crippen LogP contribution in [0.5, 0.6) is 0 Å². The van der Waals surface area contributed by atoms with Crippen LogP contribution < -0.4 is 5.32 Å². The number of fused-ring (bicyclic) bond motifs is 1. The van der Waals surface area contributed by atoms with E-state index in [2.05, 4.69) is 50.7 Å². The van der Waals surface area contributed by atoms with Gasteiger partial charge in [-0.1, -0.05) is 21.1 Å². The van der Waals surface area contributed by atoms with E-state index < -0.39 is 0 Å². The van der Waals surface area contributed by atoms with E-state index in [1.807, 2.05) is 6.92 Å². The molecule has 0 aliphatic heterocycles. The summed E-state index contributed by atoms with van der Waals surface area (Å²) in [5.41, 5.74) is 3.64. The van der Waals surface area contributed by atoms with Gasteiger partial charge in [-0.2, -0.15) is 0 Å². The number of hydrogen-bond donors (Lipinski definition) is 1. The average molecular weight is 321 g/mol. The van der Waals surface area contributed by atoms with Crippen LogP contribution in [0.15, 0.2) is 33.3 Å². The first-order valence-corrected chi connectivity index (χ1v) is 7.48. The number of benzene rings is 1. The Morgan fingerprint density at radius 2 is 2.16 bits per heavy atom. The topological polar surface area (TPSA) is 38.1 Å². The summed E-state index contributed by atoms with van der Waals surface area (Å²) in [5, 5.41) is 7.73. The minimum Gasteiger partial charge on any atom is -0.384 e. The molecular formula is C15H17BrN2O. The molecule has 1 aromatic heterocycles. The second-order valence-electron chi connectivity index (χ2n) is 5.08. The van der Waals surface area contributed by atoms with Crippen LogP contribution in [0.25, 0.3) is 0 Å².